The van der Waals surface area contributed by atoms with E-state index in [2.05, 4.69) is 29.9 Å². The second kappa shape index (κ2) is 11.3. The lowest BCUT2D eigenvalue weighted by Gasteiger charge is -2.23. The minimum absolute atomic E-state index is 0.00356. The molecular weight excluding hydrogens is 665 g/mol. The average molecular weight is 690 g/mol. The Morgan fingerprint density at radius 3 is 2.39 bits per heavy atom. The number of phosphoric ester groups is 1. The predicted molar refractivity (Wildman–Crippen MR) is 147 cm³/mol. The van der Waals surface area contributed by atoms with Crippen molar-refractivity contribution < 1.29 is 56.2 Å². The molecule has 3 saturated heterocycles. The Kier molecular flexibility index (Phi) is 7.68. The van der Waals surface area contributed by atoms with Gasteiger partial charge in [0.25, 0.3) is 5.56 Å². The van der Waals surface area contributed by atoms with Crippen LogP contribution in [0.2, 0.25) is 0 Å². The van der Waals surface area contributed by atoms with Crippen LogP contribution in [-0.4, -0.2) is 110 Å². The van der Waals surface area contributed by atoms with Crippen molar-refractivity contribution in [3.05, 3.63) is 29.3 Å². The van der Waals surface area contributed by atoms with E-state index < -0.39 is 89.7 Å². The minimum Gasteiger partial charge on any atom is -0.386 e. The summed E-state index contributed by atoms with van der Waals surface area (Å²) < 4.78 is 76.8. The van der Waals surface area contributed by atoms with Crippen molar-refractivity contribution in [3.63, 3.8) is 0 Å². The fourth-order valence-electron chi connectivity index (χ4n) is 5.41. The van der Waals surface area contributed by atoms with Crippen LogP contribution in [0.4, 0.5) is 16.2 Å². The van der Waals surface area contributed by atoms with Crippen molar-refractivity contribution in [1.82, 2.24) is 39.0 Å². The highest BCUT2D eigenvalue weighted by Gasteiger charge is 2.53. The molecule has 7 rings (SSSR count). The zero-order valence-corrected chi connectivity index (χ0v) is 24.8. The molecular formula is C21H25FN10O12P2. The van der Waals surface area contributed by atoms with Gasteiger partial charge in [-0.1, -0.05) is 0 Å². The number of aliphatic hydroxyl groups excluding tert-OH is 1. The Morgan fingerprint density at radius 1 is 0.935 bits per heavy atom. The van der Waals surface area contributed by atoms with Gasteiger partial charge in [-0.25, -0.2) is 28.9 Å². The molecule has 248 valence electrons. The van der Waals surface area contributed by atoms with E-state index in [9.17, 15) is 28.8 Å². The fourth-order valence-corrected chi connectivity index (χ4v) is 7.18. The molecule has 0 bridgehead atoms. The Bertz CT molecular complexity index is 1960. The van der Waals surface area contributed by atoms with Gasteiger partial charge in [0.05, 0.1) is 25.9 Å². The summed E-state index contributed by atoms with van der Waals surface area (Å²) in [6.07, 6.45) is -10.6. The molecule has 4 unspecified atom stereocenters. The van der Waals surface area contributed by atoms with Gasteiger partial charge in [0.2, 0.25) is 5.95 Å². The summed E-state index contributed by atoms with van der Waals surface area (Å²) in [6.45, 7) is -1.60. The van der Waals surface area contributed by atoms with Crippen molar-refractivity contribution >= 4 is 49.5 Å². The highest BCUT2D eigenvalue weighted by atomic mass is 31.2. The SMILES string of the molecule is Nc1nc2c(ncn2[C@@H]2O[C@@H]3COP(=O)(O)OC4[C@@H](COP(=O)(O)COC3[C@@H]2O)O[C@@H](n2cnc3c(N)ncnc32)[C@H]4F)c(=O)[nH]1. The number of phosphoric acid groups is 1. The molecule has 10 atom stereocenters. The molecule has 0 saturated carbocycles. The van der Waals surface area contributed by atoms with E-state index in [0.29, 0.717) is 0 Å². The number of ether oxygens (including phenoxy) is 3. The van der Waals surface area contributed by atoms with Crippen molar-refractivity contribution in [1.29, 1.82) is 0 Å². The zero-order valence-electron chi connectivity index (χ0n) is 23.0. The molecule has 22 nitrogen and oxygen atoms in total. The lowest BCUT2D eigenvalue weighted by Crippen LogP contribution is -2.37. The third kappa shape index (κ3) is 5.48. The Balaban J connectivity index is 1.16. The van der Waals surface area contributed by atoms with Crippen molar-refractivity contribution in [2.75, 3.05) is 31.0 Å². The Labute approximate surface area is 254 Å². The van der Waals surface area contributed by atoms with Crippen molar-refractivity contribution in [2.45, 2.75) is 49.1 Å². The van der Waals surface area contributed by atoms with Gasteiger partial charge in [0.1, 0.15) is 48.7 Å². The van der Waals surface area contributed by atoms with E-state index in [1.54, 1.807) is 0 Å². The number of nitrogen functional groups attached to an aromatic ring is 2. The van der Waals surface area contributed by atoms with Gasteiger partial charge in [0.15, 0.2) is 41.3 Å². The number of nitrogens with one attached hydrogen (secondary N) is 1. The number of hydrogen-bond acceptors (Lipinski definition) is 17. The maximum atomic E-state index is 15.9. The van der Waals surface area contributed by atoms with Crippen LogP contribution in [-0.2, 0) is 36.9 Å². The smallest absolute Gasteiger partial charge is 0.386 e. The zero-order chi connectivity index (χ0) is 32.5. The van der Waals surface area contributed by atoms with Gasteiger partial charge in [-0.15, -0.1) is 0 Å². The summed E-state index contributed by atoms with van der Waals surface area (Å²) >= 11 is 0. The highest BCUT2D eigenvalue weighted by Crippen LogP contribution is 2.52. The van der Waals surface area contributed by atoms with Crippen LogP contribution in [0, 0.1) is 0 Å². The number of rotatable bonds is 2. The molecule has 3 fully saturated rings. The average Bonchev–Trinajstić information content (AvgIpc) is 3.75. The second-order valence-corrected chi connectivity index (χ2v) is 13.6. The molecule has 4 aromatic heterocycles. The van der Waals surface area contributed by atoms with E-state index in [1.807, 2.05) is 0 Å². The fraction of sp³-hybridized carbons (Fsp3) is 0.524. The van der Waals surface area contributed by atoms with Gasteiger partial charge in [0, 0.05) is 0 Å². The summed E-state index contributed by atoms with van der Waals surface area (Å²) in [5.74, 6) is -0.254. The number of H-pyrrole nitrogens is 1. The van der Waals surface area contributed by atoms with Gasteiger partial charge in [-0.05, 0) is 0 Å². The van der Waals surface area contributed by atoms with Gasteiger partial charge >= 0.3 is 15.4 Å². The number of hydrogen-bond donors (Lipinski definition) is 6. The first kappa shape index (κ1) is 31.1. The van der Waals surface area contributed by atoms with Crippen molar-refractivity contribution in [3.8, 4) is 0 Å². The van der Waals surface area contributed by atoms with Crippen molar-refractivity contribution in [2.24, 2.45) is 0 Å². The summed E-state index contributed by atoms with van der Waals surface area (Å²) in [5.41, 5.74) is 10.8. The third-order valence-electron chi connectivity index (χ3n) is 7.49. The first-order valence-electron chi connectivity index (χ1n) is 13.3. The maximum absolute atomic E-state index is 15.9. The maximum Gasteiger partial charge on any atom is 0.472 e. The molecule has 4 aromatic rings. The molecule has 8 N–H and O–H groups in total. The summed E-state index contributed by atoms with van der Waals surface area (Å²) in [5, 5.41) is 11.1. The number of aromatic nitrogens is 8. The Morgan fingerprint density at radius 2 is 1.61 bits per heavy atom. The molecule has 46 heavy (non-hydrogen) atoms. The van der Waals surface area contributed by atoms with Crippen LogP contribution in [0.3, 0.4) is 0 Å². The van der Waals surface area contributed by atoms with Crippen LogP contribution < -0.4 is 17.0 Å². The number of halogens is 1. The first-order valence-corrected chi connectivity index (χ1v) is 16.6. The number of nitrogens with two attached hydrogens (primary N) is 2. The largest absolute Gasteiger partial charge is 0.472 e. The summed E-state index contributed by atoms with van der Waals surface area (Å²) in [4.78, 5) is 55.5. The number of imidazole rings is 2. The highest BCUT2D eigenvalue weighted by molar-refractivity contribution is 7.52. The first-order chi connectivity index (χ1) is 21.8. The molecule has 0 radical (unpaired) electrons. The molecule has 3 aliphatic rings. The number of aromatic amines is 1. The Hall–Kier alpha value is -3.47. The topological polar surface area (TPSA) is 309 Å². The van der Waals surface area contributed by atoms with Gasteiger partial charge < -0.3 is 45.1 Å². The monoisotopic (exact) mass is 690 g/mol. The number of nitrogens with zero attached hydrogens (tertiary/aromatic N) is 7. The number of alkyl halides is 1. The van der Waals surface area contributed by atoms with Crippen LogP contribution in [0.15, 0.2) is 23.8 Å². The van der Waals surface area contributed by atoms with Gasteiger partial charge in [-0.2, -0.15) is 4.98 Å². The summed E-state index contributed by atoms with van der Waals surface area (Å²) in [7, 11) is -9.80. The molecule has 3 aliphatic heterocycles. The predicted octanol–water partition coefficient (Wildman–Crippen LogP) is -1.32. The van der Waals surface area contributed by atoms with Crippen LogP contribution in [0.25, 0.3) is 22.3 Å². The minimum atomic E-state index is -5.14. The molecule has 0 spiro atoms. The van der Waals surface area contributed by atoms with Gasteiger partial charge in [-0.3, -0.25) is 32.5 Å². The lowest BCUT2D eigenvalue weighted by atomic mass is 10.1. The number of fused-ring (bicyclic) bond motifs is 4. The third-order valence-corrected chi connectivity index (χ3v) is 9.50. The molecule has 0 aromatic carbocycles. The van der Waals surface area contributed by atoms with Crippen LogP contribution >= 0.6 is 15.4 Å². The molecule has 0 amide bonds. The molecule has 0 aliphatic carbocycles. The van der Waals surface area contributed by atoms with E-state index >= 15 is 4.39 Å². The number of aliphatic hydroxyl groups is 1. The van der Waals surface area contributed by atoms with E-state index in [-0.39, 0.29) is 34.1 Å². The van der Waals surface area contributed by atoms with E-state index in [4.69, 9.17) is 39.2 Å². The summed E-state index contributed by atoms with van der Waals surface area (Å²) in [6, 6.07) is 0. The van der Waals surface area contributed by atoms with Crippen LogP contribution in [0.1, 0.15) is 12.5 Å². The molecule has 25 heteroatoms. The van der Waals surface area contributed by atoms with Crippen LogP contribution in [0.5, 0.6) is 0 Å². The normalized spacial score (nSPS) is 37.4. The quantitative estimate of drug-likeness (QED) is 0.133. The molecule has 7 heterocycles. The number of anilines is 2. The standard InChI is InChI=1S/C21H25FN10O12P2/c22-9-13-7(42-19(9)31-4-27-10-15(23)25-3-26-16(10)31)1-40-45(35,36)6-39-14-8(2-41-46(37,38)44-13)43-20(12(14)33)32-5-28-11-17(32)29-21(24)30-18(11)34/h3-5,7-9,12-14,19-20,33H,1-2,6H2,(H,35,36)(H,37,38)(H2,23,25,26)(H3,24,29,30,34)/t7-,8-,9+,12+,13?,14?,19-,20-/m1/s1. The lowest BCUT2D eigenvalue weighted by molar-refractivity contribution is -0.0586. The van der Waals surface area contributed by atoms with E-state index in [1.165, 1.54) is 0 Å². The van der Waals surface area contributed by atoms with E-state index in [0.717, 1.165) is 28.1 Å². The second-order valence-electron chi connectivity index (χ2n) is 10.5.